The van der Waals surface area contributed by atoms with Gasteiger partial charge in [-0.05, 0) is 30.0 Å². The molecule has 4 heterocycles. The third-order valence-electron chi connectivity index (χ3n) is 6.83. The predicted octanol–water partition coefficient (Wildman–Crippen LogP) is 2.34. The number of likely N-dealkylation sites (tertiary alicyclic amines) is 2. The molecule has 2 atom stereocenters. The number of piperidine rings is 1. The van der Waals surface area contributed by atoms with E-state index in [4.69, 9.17) is 4.74 Å². The van der Waals surface area contributed by atoms with Crippen LogP contribution in [0.5, 0.6) is 0 Å². The summed E-state index contributed by atoms with van der Waals surface area (Å²) in [5, 5.41) is 0. The molecule has 0 spiro atoms. The number of hydrogen-bond donors (Lipinski definition) is 0. The molecule has 0 aliphatic carbocycles. The number of fused-ring (bicyclic) bond motifs is 1. The Balaban J connectivity index is 1.13. The van der Waals surface area contributed by atoms with Crippen LogP contribution in [-0.4, -0.2) is 73.6 Å². The molecule has 4 saturated heterocycles. The Morgan fingerprint density at radius 3 is 2.50 bits per heavy atom. The highest BCUT2D eigenvalue weighted by molar-refractivity contribution is 5.81. The highest BCUT2D eigenvalue weighted by Crippen LogP contribution is 2.33. The van der Waals surface area contributed by atoms with Gasteiger partial charge in [0.2, 0.25) is 0 Å². The molecule has 0 radical (unpaired) electrons. The van der Waals surface area contributed by atoms with Crippen molar-refractivity contribution in [3.8, 4) is 0 Å². The van der Waals surface area contributed by atoms with E-state index in [0.29, 0.717) is 18.9 Å². The van der Waals surface area contributed by atoms with Gasteiger partial charge in [0, 0.05) is 63.2 Å². The Morgan fingerprint density at radius 1 is 1.04 bits per heavy atom. The van der Waals surface area contributed by atoms with E-state index in [2.05, 4.69) is 36.1 Å². The number of benzene rings is 1. The van der Waals surface area contributed by atoms with Crippen molar-refractivity contribution < 1.29 is 14.3 Å². The Labute approximate surface area is 166 Å². The zero-order valence-electron chi connectivity index (χ0n) is 16.5. The lowest BCUT2D eigenvalue weighted by atomic mass is 9.87. The summed E-state index contributed by atoms with van der Waals surface area (Å²) in [6.45, 7) is 7.80. The molecule has 4 fully saturated rings. The molecule has 0 unspecified atom stereocenters. The minimum absolute atomic E-state index is 0.124. The lowest BCUT2D eigenvalue weighted by Crippen LogP contribution is -2.58. The molecule has 0 bridgehead atoms. The highest BCUT2D eigenvalue weighted by Gasteiger charge is 2.40. The molecule has 1 aromatic rings. The average molecular weight is 383 g/mol. The number of anilines is 1. The van der Waals surface area contributed by atoms with Crippen LogP contribution in [0.2, 0.25) is 0 Å². The lowest BCUT2D eigenvalue weighted by Gasteiger charge is -2.46. The molecule has 0 saturated carbocycles. The highest BCUT2D eigenvalue weighted by atomic mass is 16.5. The Morgan fingerprint density at radius 2 is 1.79 bits per heavy atom. The SMILES string of the molecule is CC1CN(c2ccc(C3CN(C(=O)N4CC[C@@H]5OCC(=O)C[C@@H]5C4)C3)cc2)C1. The normalized spacial score (nSPS) is 28.6. The standard InChI is InChI=1S/C22H29N3O3/c1-15-9-24(10-15)19-4-2-16(3-5-19)18-12-25(13-18)22(27)23-7-6-21-17(11-23)8-20(26)14-28-21/h2-5,15,17-18,21H,6-14H2,1H3/t17-,21+/m1/s1. The van der Waals surface area contributed by atoms with E-state index in [1.807, 2.05) is 9.80 Å². The van der Waals surface area contributed by atoms with Crippen molar-refractivity contribution in [1.29, 1.82) is 0 Å². The van der Waals surface area contributed by atoms with E-state index in [-0.39, 0.29) is 30.4 Å². The molecule has 0 N–H and O–H groups in total. The largest absolute Gasteiger partial charge is 0.371 e. The van der Waals surface area contributed by atoms with Gasteiger partial charge in [0.15, 0.2) is 5.78 Å². The van der Waals surface area contributed by atoms with Crippen molar-refractivity contribution in [3.63, 3.8) is 0 Å². The number of nitrogens with zero attached hydrogens (tertiary/aromatic N) is 3. The summed E-state index contributed by atoms with van der Waals surface area (Å²) in [6.07, 6.45) is 1.55. The van der Waals surface area contributed by atoms with Gasteiger partial charge in [0.25, 0.3) is 0 Å². The number of Topliss-reactive ketones (excluding diaryl/α,β-unsaturated/α-hetero) is 1. The van der Waals surface area contributed by atoms with Crippen LogP contribution >= 0.6 is 0 Å². The van der Waals surface area contributed by atoms with Crippen LogP contribution in [0.1, 0.15) is 31.2 Å². The summed E-state index contributed by atoms with van der Waals surface area (Å²) in [7, 11) is 0. The van der Waals surface area contributed by atoms with E-state index in [1.165, 1.54) is 11.3 Å². The van der Waals surface area contributed by atoms with Gasteiger partial charge in [-0.15, -0.1) is 0 Å². The maximum atomic E-state index is 12.9. The first-order valence-electron chi connectivity index (χ1n) is 10.6. The maximum Gasteiger partial charge on any atom is 0.320 e. The molecule has 6 heteroatoms. The van der Waals surface area contributed by atoms with Crippen LogP contribution in [0.25, 0.3) is 0 Å². The number of ketones is 1. The van der Waals surface area contributed by atoms with Crippen LogP contribution in [0, 0.1) is 11.8 Å². The number of ether oxygens (including phenoxy) is 1. The zero-order chi connectivity index (χ0) is 19.3. The number of carbonyl (C=O) groups is 2. The fraction of sp³-hybridized carbons (Fsp3) is 0.636. The van der Waals surface area contributed by atoms with E-state index < -0.39 is 0 Å². The van der Waals surface area contributed by atoms with Crippen molar-refractivity contribution in [2.45, 2.75) is 31.8 Å². The topological polar surface area (TPSA) is 53.1 Å². The molecule has 4 aliphatic rings. The lowest BCUT2D eigenvalue weighted by molar-refractivity contribution is -0.140. The molecule has 28 heavy (non-hydrogen) atoms. The summed E-state index contributed by atoms with van der Waals surface area (Å²) in [5.41, 5.74) is 2.63. The minimum atomic E-state index is 0.124. The van der Waals surface area contributed by atoms with E-state index >= 15 is 0 Å². The Kier molecular flexibility index (Phi) is 4.54. The second kappa shape index (κ2) is 7.07. The third-order valence-corrected chi connectivity index (χ3v) is 6.83. The number of urea groups is 1. The molecule has 6 nitrogen and oxygen atoms in total. The second-order valence-corrected chi connectivity index (χ2v) is 9.07. The number of amides is 2. The maximum absolute atomic E-state index is 12.9. The number of rotatable bonds is 2. The summed E-state index contributed by atoms with van der Waals surface area (Å²) in [5.74, 6) is 1.57. The molecule has 4 aliphatic heterocycles. The number of hydrogen-bond acceptors (Lipinski definition) is 4. The van der Waals surface area contributed by atoms with Gasteiger partial charge in [-0.1, -0.05) is 19.1 Å². The average Bonchev–Trinajstić information content (AvgIpc) is 2.64. The van der Waals surface area contributed by atoms with Crippen LogP contribution in [0.15, 0.2) is 24.3 Å². The quantitative estimate of drug-likeness (QED) is 0.787. The summed E-state index contributed by atoms with van der Waals surface area (Å²) < 4.78 is 5.64. The summed E-state index contributed by atoms with van der Waals surface area (Å²) >= 11 is 0. The van der Waals surface area contributed by atoms with Gasteiger partial charge in [-0.2, -0.15) is 0 Å². The fourth-order valence-electron chi connectivity index (χ4n) is 5.06. The van der Waals surface area contributed by atoms with Gasteiger partial charge in [0.1, 0.15) is 6.61 Å². The van der Waals surface area contributed by atoms with Crippen LogP contribution in [-0.2, 0) is 9.53 Å². The first-order valence-corrected chi connectivity index (χ1v) is 10.6. The van der Waals surface area contributed by atoms with E-state index in [9.17, 15) is 9.59 Å². The Hall–Kier alpha value is -2.08. The second-order valence-electron chi connectivity index (χ2n) is 9.07. The van der Waals surface area contributed by atoms with Gasteiger partial charge >= 0.3 is 6.03 Å². The summed E-state index contributed by atoms with van der Waals surface area (Å²) in [6, 6.07) is 9.01. The first kappa shape index (κ1) is 18.0. The van der Waals surface area contributed by atoms with Gasteiger partial charge in [-0.25, -0.2) is 4.79 Å². The molecule has 5 rings (SSSR count). The van der Waals surface area contributed by atoms with Gasteiger partial charge < -0.3 is 19.4 Å². The van der Waals surface area contributed by atoms with Crippen molar-refractivity contribution in [2.24, 2.45) is 11.8 Å². The molecule has 2 amide bonds. The molecule has 0 aromatic heterocycles. The van der Waals surface area contributed by atoms with Crippen molar-refractivity contribution in [2.75, 3.05) is 50.8 Å². The first-order chi connectivity index (χ1) is 13.6. The van der Waals surface area contributed by atoms with Crippen molar-refractivity contribution in [3.05, 3.63) is 29.8 Å². The van der Waals surface area contributed by atoms with Crippen molar-refractivity contribution >= 4 is 17.5 Å². The smallest absolute Gasteiger partial charge is 0.320 e. The Bertz CT molecular complexity index is 753. The molecular formula is C22H29N3O3. The third kappa shape index (κ3) is 3.28. The van der Waals surface area contributed by atoms with E-state index in [1.54, 1.807) is 0 Å². The fourth-order valence-corrected chi connectivity index (χ4v) is 5.06. The van der Waals surface area contributed by atoms with Gasteiger partial charge in [-0.3, -0.25) is 4.79 Å². The zero-order valence-corrected chi connectivity index (χ0v) is 16.5. The number of carbonyl (C=O) groups excluding carboxylic acids is 2. The van der Waals surface area contributed by atoms with Crippen LogP contribution in [0.4, 0.5) is 10.5 Å². The summed E-state index contributed by atoms with van der Waals surface area (Å²) in [4.78, 5) is 30.8. The van der Waals surface area contributed by atoms with Crippen LogP contribution < -0.4 is 4.90 Å². The monoisotopic (exact) mass is 383 g/mol. The van der Waals surface area contributed by atoms with Crippen molar-refractivity contribution in [1.82, 2.24) is 9.80 Å². The predicted molar refractivity (Wildman–Crippen MR) is 107 cm³/mol. The molecule has 1 aromatic carbocycles. The minimum Gasteiger partial charge on any atom is -0.371 e. The van der Waals surface area contributed by atoms with Crippen LogP contribution in [0.3, 0.4) is 0 Å². The van der Waals surface area contributed by atoms with Gasteiger partial charge in [0.05, 0.1) is 6.10 Å². The molecular weight excluding hydrogens is 354 g/mol. The van der Waals surface area contributed by atoms with E-state index in [0.717, 1.165) is 45.1 Å². The molecule has 150 valence electrons.